The SMILES string of the molecule is O=C(CCSCc1ccccn1)NC1CCC(C(=O)O)CC1. The van der Waals surface area contributed by atoms with Crippen LogP contribution < -0.4 is 5.32 Å². The van der Waals surface area contributed by atoms with Crippen molar-refractivity contribution in [3.63, 3.8) is 0 Å². The molecule has 5 nitrogen and oxygen atoms in total. The first-order valence-corrected chi connectivity index (χ1v) is 8.80. The highest BCUT2D eigenvalue weighted by molar-refractivity contribution is 7.98. The van der Waals surface area contributed by atoms with Gasteiger partial charge in [0, 0.05) is 30.2 Å². The lowest BCUT2D eigenvalue weighted by atomic mass is 9.86. The van der Waals surface area contributed by atoms with Gasteiger partial charge in [0.05, 0.1) is 11.6 Å². The zero-order valence-corrected chi connectivity index (χ0v) is 13.3. The number of aromatic nitrogens is 1. The summed E-state index contributed by atoms with van der Waals surface area (Å²) in [6.07, 6.45) is 5.13. The van der Waals surface area contributed by atoms with Crippen LogP contribution in [-0.2, 0) is 15.3 Å². The molecule has 0 bridgehead atoms. The molecule has 6 heteroatoms. The Hall–Kier alpha value is -1.56. The Kier molecular flexibility index (Phi) is 6.71. The molecular formula is C16H22N2O3S. The van der Waals surface area contributed by atoms with Crippen molar-refractivity contribution in [2.24, 2.45) is 5.92 Å². The van der Waals surface area contributed by atoms with Crippen LogP contribution in [0.2, 0.25) is 0 Å². The van der Waals surface area contributed by atoms with Gasteiger partial charge in [-0.1, -0.05) is 6.07 Å². The molecule has 120 valence electrons. The maximum atomic E-state index is 11.9. The highest BCUT2D eigenvalue weighted by Gasteiger charge is 2.26. The second-order valence-corrected chi connectivity index (χ2v) is 6.68. The van der Waals surface area contributed by atoms with Crippen LogP contribution >= 0.6 is 11.8 Å². The zero-order valence-electron chi connectivity index (χ0n) is 12.5. The lowest BCUT2D eigenvalue weighted by Crippen LogP contribution is -2.38. The number of carbonyl (C=O) groups is 2. The summed E-state index contributed by atoms with van der Waals surface area (Å²) in [6.45, 7) is 0. The Morgan fingerprint density at radius 2 is 2.05 bits per heavy atom. The molecule has 22 heavy (non-hydrogen) atoms. The molecule has 0 aliphatic heterocycles. The van der Waals surface area contributed by atoms with E-state index >= 15 is 0 Å². The van der Waals surface area contributed by atoms with Crippen molar-refractivity contribution in [3.8, 4) is 0 Å². The van der Waals surface area contributed by atoms with E-state index in [-0.39, 0.29) is 17.9 Å². The van der Waals surface area contributed by atoms with Crippen LogP contribution in [-0.4, -0.2) is 33.8 Å². The average molecular weight is 322 g/mol. The number of rotatable bonds is 7. The highest BCUT2D eigenvalue weighted by atomic mass is 32.2. The minimum absolute atomic E-state index is 0.0623. The topological polar surface area (TPSA) is 79.3 Å². The van der Waals surface area contributed by atoms with Crippen LogP contribution in [0.1, 0.15) is 37.8 Å². The van der Waals surface area contributed by atoms with Crippen molar-refractivity contribution in [2.75, 3.05) is 5.75 Å². The second kappa shape index (κ2) is 8.78. The van der Waals surface area contributed by atoms with Gasteiger partial charge in [-0.25, -0.2) is 0 Å². The smallest absolute Gasteiger partial charge is 0.306 e. The number of amides is 1. The molecule has 1 aliphatic carbocycles. The molecule has 1 fully saturated rings. The molecule has 0 radical (unpaired) electrons. The van der Waals surface area contributed by atoms with Crippen LogP contribution in [0, 0.1) is 5.92 Å². The fourth-order valence-electron chi connectivity index (χ4n) is 2.61. The number of pyridine rings is 1. The number of hydrogen-bond donors (Lipinski definition) is 2. The van der Waals surface area contributed by atoms with E-state index in [0.717, 1.165) is 30.0 Å². The first-order valence-electron chi connectivity index (χ1n) is 7.65. The van der Waals surface area contributed by atoms with E-state index < -0.39 is 5.97 Å². The van der Waals surface area contributed by atoms with E-state index in [1.807, 2.05) is 18.2 Å². The molecule has 1 aliphatic rings. The van der Waals surface area contributed by atoms with Crippen molar-refractivity contribution < 1.29 is 14.7 Å². The lowest BCUT2D eigenvalue weighted by molar-refractivity contribution is -0.142. The summed E-state index contributed by atoms with van der Waals surface area (Å²) >= 11 is 1.70. The van der Waals surface area contributed by atoms with Crippen molar-refractivity contribution in [1.82, 2.24) is 10.3 Å². The molecule has 0 atom stereocenters. The fourth-order valence-corrected chi connectivity index (χ4v) is 3.46. The number of carboxylic acids is 1. The minimum Gasteiger partial charge on any atom is -0.481 e. The Labute approximate surface area is 134 Å². The molecule has 1 heterocycles. The predicted octanol–water partition coefficient (Wildman–Crippen LogP) is 2.46. The largest absolute Gasteiger partial charge is 0.481 e. The third-order valence-corrected chi connectivity index (χ3v) is 4.88. The Morgan fingerprint density at radius 3 is 2.68 bits per heavy atom. The minimum atomic E-state index is -0.712. The quantitative estimate of drug-likeness (QED) is 0.754. The van der Waals surface area contributed by atoms with E-state index in [2.05, 4.69) is 10.3 Å². The number of carbonyl (C=O) groups excluding carboxylic acids is 1. The first-order chi connectivity index (χ1) is 10.6. The van der Waals surface area contributed by atoms with E-state index in [0.29, 0.717) is 19.3 Å². The summed E-state index contributed by atoms with van der Waals surface area (Å²) in [4.78, 5) is 27.0. The maximum Gasteiger partial charge on any atom is 0.306 e. The molecule has 0 aromatic carbocycles. The average Bonchev–Trinajstić information content (AvgIpc) is 2.53. The molecule has 1 aromatic rings. The molecule has 2 N–H and O–H groups in total. The standard InChI is InChI=1S/C16H22N2O3S/c19-15(8-10-22-11-14-3-1-2-9-17-14)18-13-6-4-12(5-7-13)16(20)21/h1-3,9,12-13H,4-8,10-11H2,(H,18,19)(H,20,21). The van der Waals surface area contributed by atoms with Gasteiger partial charge in [-0.3, -0.25) is 14.6 Å². The number of nitrogens with zero attached hydrogens (tertiary/aromatic N) is 1. The van der Waals surface area contributed by atoms with E-state index in [1.54, 1.807) is 18.0 Å². The third-order valence-electron chi connectivity index (χ3n) is 3.89. The van der Waals surface area contributed by atoms with Gasteiger partial charge in [-0.15, -0.1) is 0 Å². The van der Waals surface area contributed by atoms with Gasteiger partial charge in [0.2, 0.25) is 5.91 Å². The summed E-state index contributed by atoms with van der Waals surface area (Å²) in [6, 6.07) is 5.97. The lowest BCUT2D eigenvalue weighted by Gasteiger charge is -2.26. The zero-order chi connectivity index (χ0) is 15.8. The summed E-state index contributed by atoms with van der Waals surface area (Å²) in [7, 11) is 0. The number of aliphatic carboxylic acids is 1. The van der Waals surface area contributed by atoms with Crippen LogP contribution in [0.5, 0.6) is 0 Å². The predicted molar refractivity (Wildman–Crippen MR) is 86.5 cm³/mol. The summed E-state index contributed by atoms with van der Waals surface area (Å²) in [5.74, 6) is 0.704. The van der Waals surface area contributed by atoms with Gasteiger partial charge in [-0.2, -0.15) is 11.8 Å². The van der Waals surface area contributed by atoms with Crippen molar-refractivity contribution >= 4 is 23.6 Å². The summed E-state index contributed by atoms with van der Waals surface area (Å²) in [5.41, 5.74) is 1.03. The number of hydrogen-bond acceptors (Lipinski definition) is 4. The maximum absolute atomic E-state index is 11.9. The molecule has 1 amide bonds. The van der Waals surface area contributed by atoms with Gasteiger partial charge in [-0.05, 0) is 37.8 Å². The highest BCUT2D eigenvalue weighted by Crippen LogP contribution is 2.24. The Balaban J connectivity index is 1.57. The van der Waals surface area contributed by atoms with Gasteiger partial charge in [0.15, 0.2) is 0 Å². The fraction of sp³-hybridized carbons (Fsp3) is 0.562. The molecule has 1 aromatic heterocycles. The van der Waals surface area contributed by atoms with Gasteiger partial charge in [0.1, 0.15) is 0 Å². The Bertz CT molecular complexity index is 487. The van der Waals surface area contributed by atoms with E-state index in [9.17, 15) is 9.59 Å². The van der Waals surface area contributed by atoms with Gasteiger partial charge < -0.3 is 10.4 Å². The van der Waals surface area contributed by atoms with Crippen LogP contribution in [0.4, 0.5) is 0 Å². The molecule has 0 spiro atoms. The number of carboxylic acid groups (broad SMARTS) is 1. The van der Waals surface area contributed by atoms with Crippen molar-refractivity contribution in [1.29, 1.82) is 0 Å². The number of nitrogens with one attached hydrogen (secondary N) is 1. The number of thioether (sulfide) groups is 1. The van der Waals surface area contributed by atoms with E-state index in [4.69, 9.17) is 5.11 Å². The normalized spacial score (nSPS) is 21.3. The summed E-state index contributed by atoms with van der Waals surface area (Å²) in [5, 5.41) is 12.0. The van der Waals surface area contributed by atoms with Gasteiger partial charge >= 0.3 is 5.97 Å². The van der Waals surface area contributed by atoms with Crippen LogP contribution in [0.25, 0.3) is 0 Å². The summed E-state index contributed by atoms with van der Waals surface area (Å²) < 4.78 is 0. The second-order valence-electron chi connectivity index (χ2n) is 5.58. The molecule has 2 rings (SSSR count). The third kappa shape index (κ3) is 5.67. The first kappa shape index (κ1) is 16.8. The molecule has 0 unspecified atom stereocenters. The van der Waals surface area contributed by atoms with Gasteiger partial charge in [0.25, 0.3) is 0 Å². The van der Waals surface area contributed by atoms with E-state index in [1.165, 1.54) is 0 Å². The molecular weight excluding hydrogens is 300 g/mol. The Morgan fingerprint density at radius 1 is 1.27 bits per heavy atom. The van der Waals surface area contributed by atoms with Crippen molar-refractivity contribution in [3.05, 3.63) is 30.1 Å². The monoisotopic (exact) mass is 322 g/mol. The molecule has 1 saturated carbocycles. The van der Waals surface area contributed by atoms with Crippen LogP contribution in [0.3, 0.4) is 0 Å². The van der Waals surface area contributed by atoms with Crippen molar-refractivity contribution in [2.45, 2.75) is 43.9 Å². The van der Waals surface area contributed by atoms with Crippen LogP contribution in [0.15, 0.2) is 24.4 Å². The molecule has 0 saturated heterocycles.